The molecule has 106 valence electrons. The molecule has 2 aromatic heterocycles. The quantitative estimate of drug-likeness (QED) is 0.637. The summed E-state index contributed by atoms with van der Waals surface area (Å²) in [5.74, 6) is 2.82. The van der Waals surface area contributed by atoms with Crippen molar-refractivity contribution in [2.75, 3.05) is 24.2 Å². The van der Waals surface area contributed by atoms with Gasteiger partial charge in [-0.25, -0.2) is 15.0 Å². The van der Waals surface area contributed by atoms with E-state index in [1.54, 1.807) is 11.8 Å². The molecule has 6 heteroatoms. The summed E-state index contributed by atoms with van der Waals surface area (Å²) in [6, 6.07) is 2.07. The molecule has 0 spiro atoms. The highest BCUT2D eigenvalue weighted by Gasteiger charge is 2.28. The van der Waals surface area contributed by atoms with Gasteiger partial charge in [0, 0.05) is 49.7 Å². The first-order valence-corrected chi connectivity index (χ1v) is 8.00. The molecule has 3 heterocycles. The Balaban J connectivity index is 1.63. The molecule has 0 N–H and O–H groups in total. The minimum Gasteiger partial charge on any atom is -0.356 e. The van der Waals surface area contributed by atoms with Gasteiger partial charge in [0.2, 0.25) is 0 Å². The van der Waals surface area contributed by atoms with Crippen molar-refractivity contribution in [2.24, 2.45) is 5.92 Å². The van der Waals surface area contributed by atoms with Crippen LogP contribution in [0.5, 0.6) is 0 Å². The van der Waals surface area contributed by atoms with Gasteiger partial charge in [0.25, 0.3) is 0 Å². The van der Waals surface area contributed by atoms with Crippen LogP contribution in [0.4, 0.5) is 5.82 Å². The summed E-state index contributed by atoms with van der Waals surface area (Å²) < 4.78 is 2.22. The van der Waals surface area contributed by atoms with Crippen LogP contribution < -0.4 is 4.90 Å². The number of imidazole rings is 1. The molecule has 20 heavy (non-hydrogen) atoms. The number of rotatable bonds is 4. The van der Waals surface area contributed by atoms with Crippen LogP contribution >= 0.6 is 11.8 Å². The third-order valence-corrected chi connectivity index (χ3v) is 4.21. The van der Waals surface area contributed by atoms with Crippen molar-refractivity contribution in [3.63, 3.8) is 0 Å². The third-order valence-electron chi connectivity index (χ3n) is 3.66. The van der Waals surface area contributed by atoms with Gasteiger partial charge >= 0.3 is 0 Å². The van der Waals surface area contributed by atoms with Crippen molar-refractivity contribution >= 4 is 17.6 Å². The highest BCUT2D eigenvalue weighted by molar-refractivity contribution is 7.98. The van der Waals surface area contributed by atoms with Crippen LogP contribution in [0.2, 0.25) is 0 Å². The Morgan fingerprint density at radius 2 is 2.10 bits per heavy atom. The van der Waals surface area contributed by atoms with E-state index in [0.717, 1.165) is 42.1 Å². The minimum absolute atomic E-state index is 0.677. The van der Waals surface area contributed by atoms with E-state index >= 15 is 0 Å². The minimum atomic E-state index is 0.677. The second-order valence-corrected chi connectivity index (χ2v) is 6.03. The van der Waals surface area contributed by atoms with E-state index in [1.165, 1.54) is 0 Å². The van der Waals surface area contributed by atoms with E-state index in [-0.39, 0.29) is 0 Å². The highest BCUT2D eigenvalue weighted by Crippen LogP contribution is 2.26. The molecular formula is C14H19N5S. The lowest BCUT2D eigenvalue weighted by Crippen LogP contribution is -2.49. The molecular weight excluding hydrogens is 270 g/mol. The van der Waals surface area contributed by atoms with E-state index in [9.17, 15) is 0 Å². The van der Waals surface area contributed by atoms with E-state index in [2.05, 4.69) is 43.6 Å². The van der Waals surface area contributed by atoms with Crippen LogP contribution in [-0.4, -0.2) is 38.9 Å². The maximum atomic E-state index is 4.58. The number of nitrogens with zero attached hydrogens (tertiary/aromatic N) is 5. The average molecular weight is 289 g/mol. The summed E-state index contributed by atoms with van der Waals surface area (Å²) in [6.07, 6.45) is 5.93. The number of thioether (sulfide) groups is 1. The van der Waals surface area contributed by atoms with Crippen LogP contribution in [0.1, 0.15) is 11.5 Å². The number of aryl methyl sites for hydroxylation is 2. The molecule has 0 atom stereocenters. The fourth-order valence-corrected chi connectivity index (χ4v) is 2.95. The largest absolute Gasteiger partial charge is 0.356 e. The van der Waals surface area contributed by atoms with Gasteiger partial charge in [0.15, 0.2) is 5.16 Å². The molecule has 0 bridgehead atoms. The molecule has 0 aromatic carbocycles. The van der Waals surface area contributed by atoms with Crippen molar-refractivity contribution in [3.05, 3.63) is 30.0 Å². The summed E-state index contributed by atoms with van der Waals surface area (Å²) in [5.41, 5.74) is 1.04. The SMILES string of the molecule is CSc1nc(C)cc(N2CC(Cn3ccnc3C)C2)n1. The summed E-state index contributed by atoms with van der Waals surface area (Å²) >= 11 is 1.59. The normalized spacial score (nSPS) is 15.4. The fourth-order valence-electron chi connectivity index (χ4n) is 2.53. The Hall–Kier alpha value is -1.56. The first-order chi connectivity index (χ1) is 9.65. The summed E-state index contributed by atoms with van der Waals surface area (Å²) in [4.78, 5) is 15.6. The Morgan fingerprint density at radius 1 is 1.30 bits per heavy atom. The lowest BCUT2D eigenvalue weighted by molar-refractivity contribution is 0.351. The molecule has 0 unspecified atom stereocenters. The molecule has 5 nitrogen and oxygen atoms in total. The second kappa shape index (κ2) is 5.44. The molecule has 2 aromatic rings. The van der Waals surface area contributed by atoms with E-state index in [1.807, 2.05) is 19.4 Å². The standard InChI is InChI=1S/C14H19N5S/c1-10-6-13(17-14(16-10)20-3)19-8-12(9-19)7-18-5-4-15-11(18)2/h4-6,12H,7-9H2,1-3H3. The molecule has 0 aliphatic carbocycles. The molecule has 0 saturated carbocycles. The Bertz CT molecular complexity index is 603. The lowest BCUT2D eigenvalue weighted by atomic mass is 10.00. The molecule has 3 rings (SSSR count). The molecule has 0 amide bonds. The highest BCUT2D eigenvalue weighted by atomic mass is 32.2. The predicted molar refractivity (Wildman–Crippen MR) is 81.2 cm³/mol. The zero-order chi connectivity index (χ0) is 14.1. The molecule has 1 aliphatic rings. The maximum absolute atomic E-state index is 4.58. The van der Waals surface area contributed by atoms with Crippen LogP contribution in [0.25, 0.3) is 0 Å². The first kappa shape index (κ1) is 13.4. The van der Waals surface area contributed by atoms with Gasteiger partial charge in [-0.05, 0) is 20.1 Å². The Morgan fingerprint density at radius 3 is 2.75 bits per heavy atom. The van der Waals surface area contributed by atoms with Crippen molar-refractivity contribution in [1.82, 2.24) is 19.5 Å². The van der Waals surface area contributed by atoms with Crippen molar-refractivity contribution in [3.8, 4) is 0 Å². The van der Waals surface area contributed by atoms with Gasteiger partial charge in [-0.15, -0.1) is 0 Å². The number of aromatic nitrogens is 4. The summed E-state index contributed by atoms with van der Waals surface area (Å²) in [5, 5.41) is 0.855. The van der Waals surface area contributed by atoms with Crippen LogP contribution in [0, 0.1) is 19.8 Å². The fraction of sp³-hybridized carbons (Fsp3) is 0.500. The smallest absolute Gasteiger partial charge is 0.189 e. The predicted octanol–water partition coefficient (Wildman–Crippen LogP) is 2.15. The Labute approximate surface area is 123 Å². The zero-order valence-electron chi connectivity index (χ0n) is 12.1. The number of hydrogen-bond donors (Lipinski definition) is 0. The average Bonchev–Trinajstić information content (AvgIpc) is 2.78. The van der Waals surface area contributed by atoms with Gasteiger partial charge in [-0.3, -0.25) is 0 Å². The van der Waals surface area contributed by atoms with E-state index in [4.69, 9.17) is 0 Å². The number of hydrogen-bond acceptors (Lipinski definition) is 5. The van der Waals surface area contributed by atoms with Gasteiger partial charge in [-0.1, -0.05) is 11.8 Å². The van der Waals surface area contributed by atoms with Gasteiger partial charge < -0.3 is 9.47 Å². The van der Waals surface area contributed by atoms with Crippen LogP contribution in [0.15, 0.2) is 23.6 Å². The molecule has 0 radical (unpaired) electrons. The van der Waals surface area contributed by atoms with E-state index in [0.29, 0.717) is 5.92 Å². The topological polar surface area (TPSA) is 46.8 Å². The second-order valence-electron chi connectivity index (χ2n) is 5.25. The van der Waals surface area contributed by atoms with Crippen LogP contribution in [0.3, 0.4) is 0 Å². The summed E-state index contributed by atoms with van der Waals surface area (Å²) in [6.45, 7) is 7.23. The van der Waals surface area contributed by atoms with Gasteiger partial charge in [0.1, 0.15) is 11.6 Å². The molecule has 1 aliphatic heterocycles. The molecule has 1 fully saturated rings. The maximum Gasteiger partial charge on any atom is 0.189 e. The first-order valence-electron chi connectivity index (χ1n) is 6.78. The van der Waals surface area contributed by atoms with Crippen molar-refractivity contribution in [1.29, 1.82) is 0 Å². The summed E-state index contributed by atoms with van der Waals surface area (Å²) in [7, 11) is 0. The third kappa shape index (κ3) is 2.65. The van der Waals surface area contributed by atoms with Crippen LogP contribution in [-0.2, 0) is 6.54 Å². The Kier molecular flexibility index (Phi) is 3.65. The van der Waals surface area contributed by atoms with Gasteiger partial charge in [0.05, 0.1) is 0 Å². The van der Waals surface area contributed by atoms with Crippen molar-refractivity contribution in [2.45, 2.75) is 25.5 Å². The monoisotopic (exact) mass is 289 g/mol. The molecule has 1 saturated heterocycles. The zero-order valence-corrected chi connectivity index (χ0v) is 12.9. The number of anilines is 1. The van der Waals surface area contributed by atoms with Crippen molar-refractivity contribution < 1.29 is 0 Å². The van der Waals surface area contributed by atoms with E-state index < -0.39 is 0 Å². The lowest BCUT2D eigenvalue weighted by Gasteiger charge is -2.40. The van der Waals surface area contributed by atoms with Gasteiger partial charge in [-0.2, -0.15) is 0 Å².